The first-order chi connectivity index (χ1) is 11.2. The Morgan fingerprint density at radius 2 is 2.09 bits per heavy atom. The number of thiazole rings is 1. The lowest BCUT2D eigenvalue weighted by Gasteiger charge is -2.27. The third kappa shape index (κ3) is 2.66. The van der Waals surface area contributed by atoms with E-state index in [1.165, 1.54) is 17.4 Å². The largest absolute Gasteiger partial charge is 0.331 e. The Balaban J connectivity index is 1.62. The quantitative estimate of drug-likeness (QED) is 0.920. The van der Waals surface area contributed by atoms with Crippen LogP contribution in [0, 0.1) is 5.82 Å². The number of fused-ring (bicyclic) bond motifs is 2. The fourth-order valence-corrected chi connectivity index (χ4v) is 4.46. The fourth-order valence-electron chi connectivity index (χ4n) is 3.57. The van der Waals surface area contributed by atoms with Crippen LogP contribution in [0.4, 0.5) is 4.39 Å². The number of hydrogen-bond donors (Lipinski definition) is 1. The third-order valence-electron chi connectivity index (χ3n) is 4.71. The first kappa shape index (κ1) is 14.8. The molecule has 6 heteroatoms. The van der Waals surface area contributed by atoms with E-state index in [0.29, 0.717) is 21.5 Å². The average molecular weight is 331 g/mol. The van der Waals surface area contributed by atoms with Gasteiger partial charge in [0.15, 0.2) is 0 Å². The van der Waals surface area contributed by atoms with Gasteiger partial charge in [-0.15, -0.1) is 11.3 Å². The maximum absolute atomic E-state index is 13.9. The van der Waals surface area contributed by atoms with Crippen LogP contribution in [0.25, 0.3) is 10.6 Å². The molecule has 0 aliphatic carbocycles. The molecule has 3 heterocycles. The van der Waals surface area contributed by atoms with E-state index in [4.69, 9.17) is 0 Å². The minimum absolute atomic E-state index is 0.0429. The van der Waals surface area contributed by atoms with Crippen molar-refractivity contribution >= 4 is 17.2 Å². The standard InChI is InChI=1S/C17H18FN3OS/c18-14-4-2-1-3-13(14)16-20-10-15(23-16)17(22)21-11-5-6-12(21)9-19-8-7-11/h1-4,10-12,19H,5-9H2. The average Bonchev–Trinajstić information content (AvgIpc) is 3.11. The van der Waals surface area contributed by atoms with Crippen molar-refractivity contribution in [2.45, 2.75) is 31.3 Å². The molecule has 2 saturated heterocycles. The Morgan fingerprint density at radius 1 is 1.26 bits per heavy atom. The molecule has 4 rings (SSSR count). The normalized spacial score (nSPS) is 23.8. The number of benzene rings is 1. The van der Waals surface area contributed by atoms with E-state index in [2.05, 4.69) is 10.3 Å². The van der Waals surface area contributed by atoms with Crippen LogP contribution in [0.3, 0.4) is 0 Å². The summed E-state index contributed by atoms with van der Waals surface area (Å²) in [6.07, 6.45) is 4.73. The first-order valence-electron chi connectivity index (χ1n) is 7.98. The fraction of sp³-hybridized carbons (Fsp3) is 0.412. The van der Waals surface area contributed by atoms with E-state index in [1.807, 2.05) is 4.90 Å². The Labute approximate surface area is 138 Å². The zero-order chi connectivity index (χ0) is 15.8. The van der Waals surface area contributed by atoms with Crippen molar-refractivity contribution in [2.75, 3.05) is 13.1 Å². The number of halogens is 1. The molecule has 120 valence electrons. The summed E-state index contributed by atoms with van der Waals surface area (Å²) >= 11 is 1.28. The molecule has 2 aromatic rings. The minimum atomic E-state index is -0.306. The summed E-state index contributed by atoms with van der Waals surface area (Å²) in [4.78, 5) is 19.8. The predicted octanol–water partition coefficient (Wildman–Crippen LogP) is 2.92. The zero-order valence-corrected chi connectivity index (χ0v) is 13.5. The molecule has 0 radical (unpaired) electrons. The van der Waals surface area contributed by atoms with Gasteiger partial charge in [-0.1, -0.05) is 12.1 Å². The van der Waals surface area contributed by atoms with Crippen LogP contribution in [0.15, 0.2) is 30.5 Å². The zero-order valence-electron chi connectivity index (χ0n) is 12.7. The van der Waals surface area contributed by atoms with E-state index in [9.17, 15) is 9.18 Å². The summed E-state index contributed by atoms with van der Waals surface area (Å²) in [6.45, 7) is 1.83. The Bertz CT molecular complexity index is 718. The van der Waals surface area contributed by atoms with Crippen LogP contribution in [-0.4, -0.2) is 41.0 Å². The SMILES string of the molecule is O=C(c1cnc(-c2ccccc2F)s1)N1C2CCNCC1CC2. The molecule has 1 aromatic carbocycles. The molecule has 0 saturated carbocycles. The molecule has 2 atom stereocenters. The molecule has 4 nitrogen and oxygen atoms in total. The molecule has 2 aliphatic heterocycles. The molecule has 1 N–H and O–H groups in total. The smallest absolute Gasteiger partial charge is 0.266 e. The van der Waals surface area contributed by atoms with E-state index < -0.39 is 0 Å². The maximum Gasteiger partial charge on any atom is 0.266 e. The highest BCUT2D eigenvalue weighted by Crippen LogP contribution is 2.33. The lowest BCUT2D eigenvalue weighted by Crippen LogP contribution is -2.42. The number of amides is 1. The monoisotopic (exact) mass is 331 g/mol. The van der Waals surface area contributed by atoms with Crippen LogP contribution in [-0.2, 0) is 0 Å². The van der Waals surface area contributed by atoms with Gasteiger partial charge in [-0.25, -0.2) is 9.37 Å². The summed E-state index contributed by atoms with van der Waals surface area (Å²) in [5, 5.41) is 3.96. The Kier molecular flexibility index (Phi) is 3.87. The number of hydrogen-bond acceptors (Lipinski definition) is 4. The second-order valence-corrected chi connectivity index (χ2v) is 7.13. The van der Waals surface area contributed by atoms with Crippen molar-refractivity contribution in [1.82, 2.24) is 15.2 Å². The van der Waals surface area contributed by atoms with Crippen molar-refractivity contribution in [1.29, 1.82) is 0 Å². The van der Waals surface area contributed by atoms with Crippen molar-refractivity contribution in [3.8, 4) is 10.6 Å². The van der Waals surface area contributed by atoms with Crippen LogP contribution < -0.4 is 5.32 Å². The lowest BCUT2D eigenvalue weighted by atomic mass is 10.1. The van der Waals surface area contributed by atoms with E-state index in [0.717, 1.165) is 32.4 Å². The van der Waals surface area contributed by atoms with Gasteiger partial charge in [0.25, 0.3) is 5.91 Å². The van der Waals surface area contributed by atoms with Crippen molar-refractivity contribution in [3.05, 3.63) is 41.2 Å². The minimum Gasteiger partial charge on any atom is -0.331 e. The predicted molar refractivity (Wildman–Crippen MR) is 88.0 cm³/mol. The van der Waals surface area contributed by atoms with Crippen LogP contribution >= 0.6 is 11.3 Å². The van der Waals surface area contributed by atoms with Crippen LogP contribution in [0.1, 0.15) is 28.9 Å². The molecule has 2 unspecified atom stereocenters. The van der Waals surface area contributed by atoms with Gasteiger partial charge >= 0.3 is 0 Å². The third-order valence-corrected chi connectivity index (χ3v) is 5.73. The molecule has 2 fully saturated rings. The molecular formula is C17H18FN3OS. The van der Waals surface area contributed by atoms with Crippen molar-refractivity contribution in [2.24, 2.45) is 0 Å². The van der Waals surface area contributed by atoms with Gasteiger partial charge in [-0.3, -0.25) is 4.79 Å². The van der Waals surface area contributed by atoms with Gasteiger partial charge in [-0.05, 0) is 37.9 Å². The summed E-state index contributed by atoms with van der Waals surface area (Å²) in [5.74, 6) is -0.263. The lowest BCUT2D eigenvalue weighted by molar-refractivity contribution is 0.0685. The molecule has 1 aromatic heterocycles. The maximum atomic E-state index is 13.9. The van der Waals surface area contributed by atoms with Crippen LogP contribution in [0.5, 0.6) is 0 Å². The summed E-state index contributed by atoms with van der Waals surface area (Å²) in [7, 11) is 0. The van der Waals surface area contributed by atoms with Gasteiger partial charge < -0.3 is 10.2 Å². The van der Waals surface area contributed by atoms with E-state index in [1.54, 1.807) is 24.4 Å². The summed E-state index contributed by atoms with van der Waals surface area (Å²) < 4.78 is 13.9. The number of nitrogens with one attached hydrogen (secondary N) is 1. The second-order valence-electron chi connectivity index (χ2n) is 6.10. The van der Waals surface area contributed by atoms with E-state index >= 15 is 0 Å². The number of nitrogens with zero attached hydrogens (tertiary/aromatic N) is 2. The molecule has 1 amide bonds. The number of aromatic nitrogens is 1. The highest BCUT2D eigenvalue weighted by molar-refractivity contribution is 7.16. The topological polar surface area (TPSA) is 45.2 Å². The molecule has 2 bridgehead atoms. The second kappa shape index (κ2) is 6.02. The number of rotatable bonds is 2. The summed E-state index contributed by atoms with van der Waals surface area (Å²) in [6, 6.07) is 7.14. The van der Waals surface area contributed by atoms with Gasteiger partial charge in [-0.2, -0.15) is 0 Å². The van der Waals surface area contributed by atoms with Gasteiger partial charge in [0, 0.05) is 24.2 Å². The molecular weight excluding hydrogens is 313 g/mol. The van der Waals surface area contributed by atoms with Gasteiger partial charge in [0.05, 0.1) is 6.20 Å². The molecule has 2 aliphatic rings. The number of carbonyl (C=O) groups excluding carboxylic acids is 1. The van der Waals surface area contributed by atoms with Crippen molar-refractivity contribution in [3.63, 3.8) is 0 Å². The number of carbonyl (C=O) groups is 1. The first-order valence-corrected chi connectivity index (χ1v) is 8.80. The molecule has 0 spiro atoms. The Morgan fingerprint density at radius 3 is 2.96 bits per heavy atom. The highest BCUT2D eigenvalue weighted by Gasteiger charge is 2.38. The van der Waals surface area contributed by atoms with Crippen LogP contribution in [0.2, 0.25) is 0 Å². The highest BCUT2D eigenvalue weighted by atomic mass is 32.1. The Hall–Kier alpha value is -1.79. The van der Waals surface area contributed by atoms with Crippen molar-refractivity contribution < 1.29 is 9.18 Å². The van der Waals surface area contributed by atoms with Gasteiger partial charge in [0.2, 0.25) is 0 Å². The van der Waals surface area contributed by atoms with E-state index in [-0.39, 0.29) is 17.8 Å². The molecule has 23 heavy (non-hydrogen) atoms. The summed E-state index contributed by atoms with van der Waals surface area (Å²) in [5.41, 5.74) is 0.456. The van der Waals surface area contributed by atoms with Gasteiger partial charge in [0.1, 0.15) is 15.7 Å².